The lowest BCUT2D eigenvalue weighted by Crippen LogP contribution is -2.46. The second kappa shape index (κ2) is 9.47. The second-order valence-corrected chi connectivity index (χ2v) is 7.31. The van der Waals surface area contributed by atoms with Crippen molar-refractivity contribution < 1.29 is 23.9 Å². The number of rotatable bonds is 8. The number of nitrogens with zero attached hydrogens (tertiary/aromatic N) is 2. The highest BCUT2D eigenvalue weighted by atomic mass is 16.7. The SMILES string of the molecule is CCOC(=O)C1(COc2ccccc2)CC(CNC(=O)c2nccc3ccccc23)=NO1. The summed E-state index contributed by atoms with van der Waals surface area (Å²) in [7, 11) is 0. The van der Waals surface area contributed by atoms with Crippen LogP contribution in [0.4, 0.5) is 0 Å². The molecule has 1 aromatic heterocycles. The number of fused-ring (bicyclic) bond motifs is 1. The minimum Gasteiger partial charge on any atom is -0.489 e. The van der Waals surface area contributed by atoms with Gasteiger partial charge in [0.25, 0.3) is 11.5 Å². The summed E-state index contributed by atoms with van der Waals surface area (Å²) in [6, 6.07) is 18.5. The van der Waals surface area contributed by atoms with Crippen LogP contribution in [0.25, 0.3) is 10.8 Å². The van der Waals surface area contributed by atoms with Crippen LogP contribution in [0.5, 0.6) is 5.75 Å². The van der Waals surface area contributed by atoms with Crippen LogP contribution in [0, 0.1) is 0 Å². The van der Waals surface area contributed by atoms with Crippen LogP contribution in [-0.4, -0.2) is 47.9 Å². The lowest BCUT2D eigenvalue weighted by atomic mass is 9.98. The first-order chi connectivity index (χ1) is 15.6. The summed E-state index contributed by atoms with van der Waals surface area (Å²) >= 11 is 0. The van der Waals surface area contributed by atoms with Crippen LogP contribution in [0.1, 0.15) is 23.8 Å². The molecular formula is C24H23N3O5. The van der Waals surface area contributed by atoms with Crippen LogP contribution >= 0.6 is 0 Å². The van der Waals surface area contributed by atoms with E-state index >= 15 is 0 Å². The van der Waals surface area contributed by atoms with Gasteiger partial charge in [0.15, 0.2) is 0 Å². The van der Waals surface area contributed by atoms with Gasteiger partial charge in [0, 0.05) is 18.0 Å². The van der Waals surface area contributed by atoms with Gasteiger partial charge < -0.3 is 19.6 Å². The fraction of sp³-hybridized carbons (Fsp3) is 0.250. The molecule has 2 heterocycles. The van der Waals surface area contributed by atoms with Gasteiger partial charge in [0.05, 0.1) is 18.9 Å². The maximum absolute atomic E-state index is 12.7. The predicted octanol–water partition coefficient (Wildman–Crippen LogP) is 3.12. The van der Waals surface area contributed by atoms with E-state index in [1.165, 1.54) is 0 Å². The first-order valence-electron chi connectivity index (χ1n) is 10.3. The van der Waals surface area contributed by atoms with E-state index in [0.29, 0.717) is 17.2 Å². The van der Waals surface area contributed by atoms with Crippen LogP contribution in [0.15, 0.2) is 72.0 Å². The van der Waals surface area contributed by atoms with Gasteiger partial charge in [0.2, 0.25) is 0 Å². The number of benzene rings is 2. The van der Waals surface area contributed by atoms with Crippen LogP contribution < -0.4 is 10.1 Å². The number of nitrogens with one attached hydrogen (secondary N) is 1. The van der Waals surface area contributed by atoms with Gasteiger partial charge in [-0.3, -0.25) is 9.78 Å². The minimum atomic E-state index is -1.40. The molecular weight excluding hydrogens is 410 g/mol. The molecule has 0 spiro atoms. The van der Waals surface area contributed by atoms with E-state index in [9.17, 15) is 9.59 Å². The Balaban J connectivity index is 1.42. The number of pyridine rings is 1. The Bertz CT molecular complexity index is 1140. The highest BCUT2D eigenvalue weighted by molar-refractivity contribution is 6.06. The maximum Gasteiger partial charge on any atom is 0.357 e. The third kappa shape index (κ3) is 4.54. The first kappa shape index (κ1) is 21.3. The van der Waals surface area contributed by atoms with Crippen LogP contribution in [0.2, 0.25) is 0 Å². The van der Waals surface area contributed by atoms with E-state index in [2.05, 4.69) is 15.5 Å². The molecule has 1 amide bonds. The molecule has 0 saturated heterocycles. The number of esters is 1. The van der Waals surface area contributed by atoms with Gasteiger partial charge in [-0.05, 0) is 30.5 Å². The van der Waals surface area contributed by atoms with E-state index in [4.69, 9.17) is 14.3 Å². The Morgan fingerprint density at radius 3 is 2.69 bits per heavy atom. The van der Waals surface area contributed by atoms with Crippen molar-refractivity contribution in [2.24, 2.45) is 5.16 Å². The predicted molar refractivity (Wildman–Crippen MR) is 119 cm³/mol. The third-order valence-corrected chi connectivity index (χ3v) is 5.04. The second-order valence-electron chi connectivity index (χ2n) is 7.31. The smallest absolute Gasteiger partial charge is 0.357 e. The summed E-state index contributed by atoms with van der Waals surface area (Å²) in [6.45, 7) is 1.96. The molecule has 2 aromatic carbocycles. The standard InChI is InChI=1S/C24H23N3O5/c1-2-30-23(29)24(16-31-19-9-4-3-5-10-19)14-18(27-32-24)15-26-22(28)21-20-11-7-6-8-17(20)12-13-25-21/h3-13H,2,14-16H2,1H3,(H,26,28). The fourth-order valence-electron chi connectivity index (χ4n) is 3.43. The molecule has 1 atom stereocenters. The highest BCUT2D eigenvalue weighted by Crippen LogP contribution is 2.27. The summed E-state index contributed by atoms with van der Waals surface area (Å²) in [5, 5.41) is 8.53. The molecule has 1 unspecified atom stereocenters. The lowest BCUT2D eigenvalue weighted by molar-refractivity contribution is -0.172. The topological polar surface area (TPSA) is 99.1 Å². The van der Waals surface area contributed by atoms with Crippen molar-refractivity contribution in [3.8, 4) is 5.75 Å². The summed E-state index contributed by atoms with van der Waals surface area (Å²) in [5.74, 6) is -0.293. The van der Waals surface area contributed by atoms with E-state index < -0.39 is 11.6 Å². The highest BCUT2D eigenvalue weighted by Gasteiger charge is 2.49. The van der Waals surface area contributed by atoms with Crippen molar-refractivity contribution in [3.63, 3.8) is 0 Å². The number of carbonyl (C=O) groups is 2. The summed E-state index contributed by atoms with van der Waals surface area (Å²) in [4.78, 5) is 35.1. The number of oxime groups is 1. The van der Waals surface area contributed by atoms with E-state index in [0.717, 1.165) is 10.8 Å². The van der Waals surface area contributed by atoms with Gasteiger partial charge in [-0.2, -0.15) is 0 Å². The molecule has 1 aliphatic heterocycles. The van der Waals surface area contributed by atoms with Crippen LogP contribution in [-0.2, 0) is 14.4 Å². The number of hydrogen-bond donors (Lipinski definition) is 1. The summed E-state index contributed by atoms with van der Waals surface area (Å²) in [5.41, 5.74) is -0.571. The first-order valence-corrected chi connectivity index (χ1v) is 10.3. The molecule has 0 saturated carbocycles. The lowest BCUT2D eigenvalue weighted by Gasteiger charge is -2.24. The normalized spacial score (nSPS) is 17.3. The molecule has 164 valence electrons. The van der Waals surface area contributed by atoms with E-state index in [-0.39, 0.29) is 32.1 Å². The Labute approximate surface area is 185 Å². The zero-order valence-corrected chi connectivity index (χ0v) is 17.6. The zero-order chi connectivity index (χ0) is 22.4. The van der Waals surface area contributed by atoms with Gasteiger partial charge in [-0.25, -0.2) is 4.79 Å². The van der Waals surface area contributed by atoms with Crippen molar-refractivity contribution >= 4 is 28.4 Å². The van der Waals surface area contributed by atoms with Crippen LogP contribution in [0.3, 0.4) is 0 Å². The van der Waals surface area contributed by atoms with Gasteiger partial charge in [-0.1, -0.05) is 47.6 Å². The Hall–Kier alpha value is -3.94. The number of hydrogen-bond acceptors (Lipinski definition) is 7. The Kier molecular flexibility index (Phi) is 6.30. The van der Waals surface area contributed by atoms with Gasteiger partial charge >= 0.3 is 5.97 Å². The van der Waals surface area contributed by atoms with Crippen molar-refractivity contribution in [2.75, 3.05) is 19.8 Å². The average molecular weight is 433 g/mol. The molecule has 3 aromatic rings. The number of ether oxygens (including phenoxy) is 2. The molecule has 8 nitrogen and oxygen atoms in total. The Morgan fingerprint density at radius 1 is 1.09 bits per heavy atom. The molecule has 1 N–H and O–H groups in total. The largest absolute Gasteiger partial charge is 0.489 e. The quantitative estimate of drug-likeness (QED) is 0.548. The minimum absolute atomic E-state index is 0.0678. The summed E-state index contributed by atoms with van der Waals surface area (Å²) in [6.07, 6.45) is 1.74. The monoisotopic (exact) mass is 433 g/mol. The number of carbonyl (C=O) groups excluding carboxylic acids is 2. The van der Waals surface area contributed by atoms with E-state index in [1.807, 2.05) is 48.5 Å². The van der Waals surface area contributed by atoms with Crippen molar-refractivity contribution in [1.29, 1.82) is 0 Å². The number of aromatic nitrogens is 1. The Morgan fingerprint density at radius 2 is 1.88 bits per heavy atom. The summed E-state index contributed by atoms with van der Waals surface area (Å²) < 4.78 is 11.0. The molecule has 0 bridgehead atoms. The molecule has 4 rings (SSSR count). The fourth-order valence-corrected chi connectivity index (χ4v) is 3.43. The molecule has 0 aliphatic carbocycles. The molecule has 32 heavy (non-hydrogen) atoms. The van der Waals surface area contributed by atoms with E-state index in [1.54, 1.807) is 25.3 Å². The molecule has 1 aliphatic rings. The van der Waals surface area contributed by atoms with Crippen molar-refractivity contribution in [2.45, 2.75) is 18.9 Å². The van der Waals surface area contributed by atoms with Crippen molar-refractivity contribution in [1.82, 2.24) is 10.3 Å². The molecule has 0 fully saturated rings. The molecule has 8 heteroatoms. The maximum atomic E-state index is 12.7. The number of amides is 1. The zero-order valence-electron chi connectivity index (χ0n) is 17.6. The third-order valence-electron chi connectivity index (χ3n) is 5.04. The van der Waals surface area contributed by atoms with Gasteiger partial charge in [-0.15, -0.1) is 0 Å². The average Bonchev–Trinajstić information content (AvgIpc) is 3.26. The van der Waals surface area contributed by atoms with Crippen molar-refractivity contribution in [3.05, 3.63) is 72.6 Å². The molecule has 0 radical (unpaired) electrons. The number of para-hydroxylation sites is 1. The van der Waals surface area contributed by atoms with Gasteiger partial charge in [0.1, 0.15) is 18.1 Å².